The zero-order valence-corrected chi connectivity index (χ0v) is 16.1. The van der Waals surface area contributed by atoms with Gasteiger partial charge >= 0.3 is 5.97 Å². The van der Waals surface area contributed by atoms with Crippen molar-refractivity contribution in [3.8, 4) is 23.1 Å². The molecule has 2 heterocycles. The molecule has 0 radical (unpaired) electrons. The van der Waals surface area contributed by atoms with Crippen molar-refractivity contribution >= 4 is 18.0 Å². The highest BCUT2D eigenvalue weighted by atomic mass is 16.5. The number of nitrogens with zero attached hydrogens (tertiary/aromatic N) is 4. The van der Waals surface area contributed by atoms with Crippen LogP contribution in [0, 0.1) is 11.8 Å². The lowest BCUT2D eigenvalue weighted by Gasteiger charge is -2.10. The van der Waals surface area contributed by atoms with E-state index in [4.69, 9.17) is 4.74 Å². The fourth-order valence-electron chi connectivity index (χ4n) is 2.69. The molecular weight excluding hydrogens is 372 g/mol. The first kappa shape index (κ1) is 20.0. The molecule has 0 saturated heterocycles. The van der Waals surface area contributed by atoms with Crippen molar-refractivity contribution in [1.29, 1.82) is 0 Å². The third-order valence-electron chi connectivity index (χ3n) is 4.22. The zero-order chi connectivity index (χ0) is 20.8. The summed E-state index contributed by atoms with van der Waals surface area (Å²) in [4.78, 5) is 32.7. The van der Waals surface area contributed by atoms with Gasteiger partial charge in [0.05, 0.1) is 7.11 Å². The fraction of sp³-hybridized carbons (Fsp3) is 0.238. The molecule has 0 spiro atoms. The Morgan fingerprint density at radius 2 is 2.28 bits per heavy atom. The van der Waals surface area contributed by atoms with E-state index >= 15 is 0 Å². The predicted molar refractivity (Wildman–Crippen MR) is 106 cm³/mol. The van der Waals surface area contributed by atoms with E-state index in [1.807, 2.05) is 24.3 Å². The Morgan fingerprint density at radius 1 is 1.45 bits per heavy atom. The first-order chi connectivity index (χ1) is 14.0. The number of esters is 1. The van der Waals surface area contributed by atoms with Gasteiger partial charge in [0.2, 0.25) is 6.41 Å². The van der Waals surface area contributed by atoms with Crippen molar-refractivity contribution in [3.05, 3.63) is 54.1 Å². The summed E-state index contributed by atoms with van der Waals surface area (Å²) in [5, 5.41) is 9.99. The van der Waals surface area contributed by atoms with Gasteiger partial charge in [-0.2, -0.15) is 0 Å². The smallest absolute Gasteiger partial charge is 0.358 e. The summed E-state index contributed by atoms with van der Waals surface area (Å²) in [5.41, 5.74) is 2.70. The zero-order valence-electron chi connectivity index (χ0n) is 16.1. The first-order valence-electron chi connectivity index (χ1n) is 8.89. The number of rotatable bonds is 6. The lowest BCUT2D eigenvalue weighted by atomic mass is 10.1. The van der Waals surface area contributed by atoms with Crippen LogP contribution >= 0.6 is 0 Å². The molecule has 8 heteroatoms. The van der Waals surface area contributed by atoms with E-state index in [-0.39, 0.29) is 5.69 Å². The van der Waals surface area contributed by atoms with Gasteiger partial charge in [-0.15, -0.1) is 0 Å². The molecule has 1 N–H and O–H groups in total. The van der Waals surface area contributed by atoms with Gasteiger partial charge < -0.3 is 19.1 Å². The number of hydrogen-bond acceptors (Lipinski definition) is 6. The van der Waals surface area contributed by atoms with Crippen molar-refractivity contribution in [2.24, 2.45) is 0 Å². The van der Waals surface area contributed by atoms with Gasteiger partial charge in [-0.3, -0.25) is 4.79 Å². The van der Waals surface area contributed by atoms with E-state index in [1.165, 1.54) is 12.0 Å². The predicted octanol–water partition coefficient (Wildman–Crippen LogP) is 1.37. The largest absolute Gasteiger partial charge is 0.464 e. The summed E-state index contributed by atoms with van der Waals surface area (Å²) in [6.07, 6.45) is 5.13. The minimum atomic E-state index is -0.846. The number of aliphatic hydroxyl groups is 1. The van der Waals surface area contributed by atoms with Crippen LogP contribution in [-0.4, -0.2) is 63.6 Å². The molecule has 0 saturated carbocycles. The number of hydrogen-bond donors (Lipinski definition) is 1. The van der Waals surface area contributed by atoms with E-state index in [1.54, 1.807) is 30.0 Å². The SMILES string of the molecule is COC(=O)c1cn2ccnc2c(-c2cccc(C#CC(O)CCN(C)C=O)c2)n1. The summed E-state index contributed by atoms with van der Waals surface area (Å²) in [7, 11) is 2.94. The number of imidazole rings is 1. The number of aliphatic hydroxyl groups excluding tert-OH is 1. The second kappa shape index (κ2) is 8.99. The summed E-state index contributed by atoms with van der Waals surface area (Å²) < 4.78 is 6.49. The molecule has 0 fully saturated rings. The minimum absolute atomic E-state index is 0.166. The summed E-state index contributed by atoms with van der Waals surface area (Å²) in [5.74, 6) is 5.17. The molecule has 0 aliphatic heterocycles. The molecule has 1 unspecified atom stereocenters. The Morgan fingerprint density at radius 3 is 3.03 bits per heavy atom. The van der Waals surface area contributed by atoms with Crippen molar-refractivity contribution in [3.63, 3.8) is 0 Å². The number of fused-ring (bicyclic) bond motifs is 1. The van der Waals surface area contributed by atoms with E-state index < -0.39 is 12.1 Å². The molecule has 1 atom stereocenters. The maximum absolute atomic E-state index is 11.9. The van der Waals surface area contributed by atoms with Crippen LogP contribution in [0.15, 0.2) is 42.9 Å². The number of methoxy groups -OCH3 is 1. The highest BCUT2D eigenvalue weighted by molar-refractivity contribution is 5.89. The normalized spacial score (nSPS) is 11.4. The minimum Gasteiger partial charge on any atom is -0.464 e. The molecule has 1 aromatic carbocycles. The van der Waals surface area contributed by atoms with Crippen LogP contribution in [0.5, 0.6) is 0 Å². The second-order valence-corrected chi connectivity index (χ2v) is 6.37. The van der Waals surface area contributed by atoms with Crippen LogP contribution in [0.4, 0.5) is 0 Å². The number of amides is 1. The van der Waals surface area contributed by atoms with Crippen LogP contribution in [0.2, 0.25) is 0 Å². The molecule has 3 aromatic rings. The molecular formula is C21H20N4O4. The molecule has 2 aromatic heterocycles. The van der Waals surface area contributed by atoms with E-state index in [0.29, 0.717) is 36.3 Å². The fourth-order valence-corrected chi connectivity index (χ4v) is 2.69. The molecule has 0 aliphatic rings. The van der Waals surface area contributed by atoms with Gasteiger partial charge in [0.25, 0.3) is 0 Å². The highest BCUT2D eigenvalue weighted by Gasteiger charge is 2.15. The van der Waals surface area contributed by atoms with Gasteiger partial charge in [-0.1, -0.05) is 24.0 Å². The molecule has 29 heavy (non-hydrogen) atoms. The standard InChI is InChI=1S/C21H20N4O4/c1-24(14-26)10-8-17(27)7-6-15-4-3-5-16(12-15)19-20-22-9-11-25(20)13-18(23-19)21(28)29-2/h3-5,9,11-14,17,27H,8,10H2,1-2H3. The maximum atomic E-state index is 11.9. The monoisotopic (exact) mass is 392 g/mol. The van der Waals surface area contributed by atoms with Crippen molar-refractivity contribution in [2.75, 3.05) is 20.7 Å². The molecule has 0 aliphatic carbocycles. The molecule has 148 valence electrons. The van der Waals surface area contributed by atoms with Crippen molar-refractivity contribution in [1.82, 2.24) is 19.3 Å². The van der Waals surface area contributed by atoms with E-state index in [0.717, 1.165) is 5.56 Å². The highest BCUT2D eigenvalue weighted by Crippen LogP contribution is 2.23. The quantitative estimate of drug-likeness (QED) is 0.387. The van der Waals surface area contributed by atoms with Crippen LogP contribution in [0.1, 0.15) is 22.5 Å². The Bertz CT molecular complexity index is 1100. The number of carbonyl (C=O) groups excluding carboxylic acids is 2. The Hall–Kier alpha value is -3.70. The van der Waals surface area contributed by atoms with Gasteiger partial charge in [0.1, 0.15) is 11.8 Å². The van der Waals surface area contributed by atoms with Crippen LogP contribution in [0.25, 0.3) is 16.9 Å². The maximum Gasteiger partial charge on any atom is 0.358 e. The molecule has 8 nitrogen and oxygen atoms in total. The Balaban J connectivity index is 1.90. The number of carbonyl (C=O) groups is 2. The lowest BCUT2D eigenvalue weighted by molar-refractivity contribution is -0.117. The summed E-state index contributed by atoms with van der Waals surface area (Å²) in [6.45, 7) is 0.418. The average Bonchev–Trinajstić information content (AvgIpc) is 3.23. The van der Waals surface area contributed by atoms with Crippen molar-refractivity contribution < 1.29 is 19.4 Å². The summed E-state index contributed by atoms with van der Waals surface area (Å²) >= 11 is 0. The van der Waals surface area contributed by atoms with Crippen molar-refractivity contribution in [2.45, 2.75) is 12.5 Å². The molecule has 0 bridgehead atoms. The van der Waals surface area contributed by atoms with Crippen LogP contribution < -0.4 is 0 Å². The van der Waals surface area contributed by atoms with E-state index in [9.17, 15) is 14.7 Å². The third-order valence-corrected chi connectivity index (χ3v) is 4.22. The Kier molecular flexibility index (Phi) is 6.22. The number of aromatic nitrogens is 3. The van der Waals surface area contributed by atoms with Gasteiger partial charge in [0, 0.05) is 49.7 Å². The third kappa shape index (κ3) is 4.78. The topological polar surface area (TPSA) is 97.0 Å². The first-order valence-corrected chi connectivity index (χ1v) is 8.89. The Labute approximate surface area is 167 Å². The number of benzene rings is 1. The lowest BCUT2D eigenvalue weighted by Crippen LogP contribution is -2.21. The number of ether oxygens (including phenoxy) is 1. The average molecular weight is 392 g/mol. The van der Waals surface area contributed by atoms with Crippen LogP contribution in [-0.2, 0) is 9.53 Å². The second-order valence-electron chi connectivity index (χ2n) is 6.37. The van der Waals surface area contributed by atoms with Gasteiger partial charge in [-0.25, -0.2) is 14.8 Å². The summed E-state index contributed by atoms with van der Waals surface area (Å²) in [6, 6.07) is 7.29. The van der Waals surface area contributed by atoms with Gasteiger partial charge in [-0.05, 0) is 12.1 Å². The van der Waals surface area contributed by atoms with Gasteiger partial charge in [0.15, 0.2) is 11.3 Å². The molecule has 3 rings (SSSR count). The van der Waals surface area contributed by atoms with E-state index in [2.05, 4.69) is 21.8 Å². The van der Waals surface area contributed by atoms with Crippen LogP contribution in [0.3, 0.4) is 0 Å². The molecule has 1 amide bonds.